The second-order valence-electron chi connectivity index (χ2n) is 3.56. The van der Waals surface area contributed by atoms with Gasteiger partial charge >= 0.3 is 0 Å². The van der Waals surface area contributed by atoms with Crippen LogP contribution in [-0.2, 0) is 20.8 Å². The maximum Gasteiger partial charge on any atom is 0.246 e. The first-order valence-electron chi connectivity index (χ1n) is 5.41. The molecule has 1 aromatic rings. The van der Waals surface area contributed by atoms with Crippen molar-refractivity contribution in [2.75, 3.05) is 26.9 Å². The number of carbonyl (C=O) groups is 1. The van der Waals surface area contributed by atoms with E-state index in [-0.39, 0.29) is 12.5 Å². The van der Waals surface area contributed by atoms with E-state index in [0.29, 0.717) is 24.8 Å². The predicted octanol–water partition coefficient (Wildman–Crippen LogP) is 2.38. The summed E-state index contributed by atoms with van der Waals surface area (Å²) >= 11 is 9.35. The highest BCUT2D eigenvalue weighted by Gasteiger charge is 2.04. The van der Waals surface area contributed by atoms with E-state index in [1.54, 1.807) is 13.2 Å². The van der Waals surface area contributed by atoms with Crippen LogP contribution in [0.2, 0.25) is 5.02 Å². The molecule has 0 saturated heterocycles. The van der Waals surface area contributed by atoms with Gasteiger partial charge in [0.05, 0.1) is 13.2 Å². The molecule has 0 unspecified atom stereocenters. The third-order valence-corrected chi connectivity index (χ3v) is 3.00. The van der Waals surface area contributed by atoms with Gasteiger partial charge < -0.3 is 14.8 Å². The van der Waals surface area contributed by atoms with Crippen molar-refractivity contribution in [2.45, 2.75) is 6.54 Å². The molecule has 4 nitrogen and oxygen atoms in total. The molecule has 0 aromatic heterocycles. The van der Waals surface area contributed by atoms with E-state index in [2.05, 4.69) is 21.2 Å². The average Bonchev–Trinajstić information content (AvgIpc) is 2.33. The maximum atomic E-state index is 11.4. The van der Waals surface area contributed by atoms with Crippen LogP contribution in [0.1, 0.15) is 5.56 Å². The Bertz CT molecular complexity index is 401. The first-order valence-corrected chi connectivity index (χ1v) is 6.58. The molecule has 0 atom stereocenters. The number of nitrogens with one attached hydrogen (secondary N) is 1. The molecule has 6 heteroatoms. The minimum absolute atomic E-state index is 0.0253. The summed E-state index contributed by atoms with van der Waals surface area (Å²) in [5.41, 5.74) is 0.866. The molecule has 0 aliphatic heterocycles. The van der Waals surface area contributed by atoms with Crippen molar-refractivity contribution < 1.29 is 14.3 Å². The standard InChI is InChI=1S/C12H15BrClNO3/c1-17-4-5-18-8-12(16)15-7-9-2-3-10(13)6-11(9)14/h2-3,6H,4-5,7-8H2,1H3,(H,15,16). The molecular weight excluding hydrogens is 321 g/mol. The topological polar surface area (TPSA) is 47.6 Å². The van der Waals surface area contributed by atoms with Crippen molar-refractivity contribution in [2.24, 2.45) is 0 Å². The number of halogens is 2. The van der Waals surface area contributed by atoms with Crippen LogP contribution in [-0.4, -0.2) is 32.8 Å². The minimum Gasteiger partial charge on any atom is -0.382 e. The fourth-order valence-electron chi connectivity index (χ4n) is 1.22. The second kappa shape index (κ2) is 8.48. The normalized spacial score (nSPS) is 10.4. The number of amides is 1. The number of rotatable bonds is 7. The van der Waals surface area contributed by atoms with E-state index in [9.17, 15) is 4.79 Å². The molecule has 1 amide bonds. The third kappa shape index (κ3) is 5.82. The van der Waals surface area contributed by atoms with Gasteiger partial charge in [0.1, 0.15) is 6.61 Å². The second-order valence-corrected chi connectivity index (χ2v) is 4.88. The molecule has 0 fully saturated rings. The summed E-state index contributed by atoms with van der Waals surface area (Å²) in [5.74, 6) is -0.176. The molecule has 0 aliphatic carbocycles. The lowest BCUT2D eigenvalue weighted by Crippen LogP contribution is -2.27. The van der Waals surface area contributed by atoms with Crippen LogP contribution in [0.3, 0.4) is 0 Å². The Hall–Kier alpha value is -0.620. The summed E-state index contributed by atoms with van der Waals surface area (Å²) in [6.07, 6.45) is 0. The highest BCUT2D eigenvalue weighted by atomic mass is 79.9. The molecule has 1 N–H and O–H groups in total. The van der Waals surface area contributed by atoms with Crippen LogP contribution in [0.15, 0.2) is 22.7 Å². The lowest BCUT2D eigenvalue weighted by atomic mass is 10.2. The van der Waals surface area contributed by atoms with Crippen LogP contribution in [0.25, 0.3) is 0 Å². The molecule has 0 radical (unpaired) electrons. The largest absolute Gasteiger partial charge is 0.382 e. The van der Waals surface area contributed by atoms with E-state index < -0.39 is 0 Å². The molecule has 1 rings (SSSR count). The zero-order valence-corrected chi connectivity index (χ0v) is 12.4. The van der Waals surface area contributed by atoms with Gasteiger partial charge in [0.2, 0.25) is 5.91 Å². The van der Waals surface area contributed by atoms with Crippen LogP contribution >= 0.6 is 27.5 Å². The summed E-state index contributed by atoms with van der Waals surface area (Å²) < 4.78 is 10.8. The van der Waals surface area contributed by atoms with E-state index >= 15 is 0 Å². The fourth-order valence-corrected chi connectivity index (χ4v) is 1.96. The third-order valence-electron chi connectivity index (χ3n) is 2.16. The maximum absolute atomic E-state index is 11.4. The summed E-state index contributed by atoms with van der Waals surface area (Å²) in [7, 11) is 1.58. The van der Waals surface area contributed by atoms with Gasteiger partial charge in [-0.1, -0.05) is 33.6 Å². The summed E-state index contributed by atoms with van der Waals surface area (Å²) in [6, 6.07) is 5.53. The quantitative estimate of drug-likeness (QED) is 0.778. The molecule has 0 bridgehead atoms. The minimum atomic E-state index is -0.176. The van der Waals surface area contributed by atoms with E-state index in [0.717, 1.165) is 10.0 Å². The first-order chi connectivity index (χ1) is 8.63. The smallest absolute Gasteiger partial charge is 0.246 e. The Kier molecular flexibility index (Phi) is 7.27. The molecule has 0 heterocycles. The number of carbonyl (C=O) groups excluding carboxylic acids is 1. The van der Waals surface area contributed by atoms with Gasteiger partial charge in [-0.05, 0) is 17.7 Å². The lowest BCUT2D eigenvalue weighted by Gasteiger charge is -2.08. The molecule has 18 heavy (non-hydrogen) atoms. The summed E-state index contributed by atoms with van der Waals surface area (Å²) in [6.45, 7) is 1.30. The Morgan fingerprint density at radius 3 is 2.89 bits per heavy atom. The zero-order valence-electron chi connectivity index (χ0n) is 10.0. The van der Waals surface area contributed by atoms with Gasteiger partial charge in [0.15, 0.2) is 0 Å². The van der Waals surface area contributed by atoms with Gasteiger partial charge in [-0.15, -0.1) is 0 Å². The highest BCUT2D eigenvalue weighted by molar-refractivity contribution is 9.10. The van der Waals surface area contributed by atoms with Crippen molar-refractivity contribution in [1.29, 1.82) is 0 Å². The van der Waals surface area contributed by atoms with Gasteiger partial charge in [0.25, 0.3) is 0 Å². The molecule has 0 saturated carbocycles. The number of hydrogen-bond donors (Lipinski definition) is 1. The summed E-state index contributed by atoms with van der Waals surface area (Å²) in [5, 5.41) is 3.35. The fraction of sp³-hybridized carbons (Fsp3) is 0.417. The van der Waals surface area contributed by atoms with Crippen molar-refractivity contribution >= 4 is 33.4 Å². The Labute approximate surface area is 120 Å². The van der Waals surface area contributed by atoms with Gasteiger partial charge in [-0.25, -0.2) is 0 Å². The van der Waals surface area contributed by atoms with Crippen molar-refractivity contribution in [1.82, 2.24) is 5.32 Å². The first kappa shape index (κ1) is 15.4. The van der Waals surface area contributed by atoms with Crippen molar-refractivity contribution in [3.8, 4) is 0 Å². The van der Waals surface area contributed by atoms with E-state index in [4.69, 9.17) is 21.1 Å². The van der Waals surface area contributed by atoms with Crippen LogP contribution < -0.4 is 5.32 Å². The van der Waals surface area contributed by atoms with Crippen LogP contribution in [0, 0.1) is 0 Å². The predicted molar refractivity (Wildman–Crippen MR) is 73.7 cm³/mol. The van der Waals surface area contributed by atoms with E-state index in [1.807, 2.05) is 12.1 Å². The molecular formula is C12H15BrClNO3. The molecule has 1 aromatic carbocycles. The monoisotopic (exact) mass is 335 g/mol. The Balaban J connectivity index is 2.29. The van der Waals surface area contributed by atoms with Crippen molar-refractivity contribution in [3.63, 3.8) is 0 Å². The van der Waals surface area contributed by atoms with Gasteiger partial charge in [-0.3, -0.25) is 4.79 Å². The lowest BCUT2D eigenvalue weighted by molar-refractivity contribution is -0.126. The number of hydrogen-bond acceptors (Lipinski definition) is 3. The Morgan fingerprint density at radius 2 is 2.22 bits per heavy atom. The Morgan fingerprint density at radius 1 is 1.44 bits per heavy atom. The zero-order chi connectivity index (χ0) is 13.4. The highest BCUT2D eigenvalue weighted by Crippen LogP contribution is 2.20. The number of ether oxygens (including phenoxy) is 2. The average molecular weight is 337 g/mol. The SMILES string of the molecule is COCCOCC(=O)NCc1ccc(Br)cc1Cl. The molecule has 0 aliphatic rings. The molecule has 0 spiro atoms. The van der Waals surface area contributed by atoms with Crippen LogP contribution in [0.4, 0.5) is 0 Å². The van der Waals surface area contributed by atoms with Crippen LogP contribution in [0.5, 0.6) is 0 Å². The molecule has 100 valence electrons. The van der Waals surface area contributed by atoms with Gasteiger partial charge in [-0.2, -0.15) is 0 Å². The van der Waals surface area contributed by atoms with Crippen molar-refractivity contribution in [3.05, 3.63) is 33.3 Å². The summed E-state index contributed by atoms with van der Waals surface area (Å²) in [4.78, 5) is 11.4. The number of benzene rings is 1. The number of methoxy groups -OCH3 is 1. The van der Waals surface area contributed by atoms with Gasteiger partial charge in [0, 0.05) is 23.1 Å². The van der Waals surface area contributed by atoms with E-state index in [1.165, 1.54) is 0 Å².